The van der Waals surface area contributed by atoms with Crippen LogP contribution in [0.5, 0.6) is 5.75 Å². The standard InChI is InChI=1S/C27H25F3N4O4/c1-33-24(27(28,29)30)21(15-31-33)26(36)34-11-9-17(10-12-34)16-3-5-19(6-4-16)32-25(35)23-14-18-13-20(37-2)7-8-22(18)38-23/h3-8,13-15,17H,9-12H2,1-2H3,(H,32,35). The lowest BCUT2D eigenvalue weighted by Crippen LogP contribution is -2.38. The monoisotopic (exact) mass is 526 g/mol. The molecule has 1 N–H and O–H groups in total. The van der Waals surface area contributed by atoms with Gasteiger partial charge in [0.2, 0.25) is 0 Å². The number of hydrogen-bond donors (Lipinski definition) is 1. The number of anilines is 1. The van der Waals surface area contributed by atoms with E-state index < -0.39 is 23.3 Å². The molecule has 0 radical (unpaired) electrons. The summed E-state index contributed by atoms with van der Waals surface area (Å²) in [7, 11) is 2.74. The number of rotatable bonds is 5. The number of hydrogen-bond acceptors (Lipinski definition) is 5. The summed E-state index contributed by atoms with van der Waals surface area (Å²) in [6.45, 7) is 0.677. The van der Waals surface area contributed by atoms with E-state index in [4.69, 9.17) is 9.15 Å². The molecule has 0 aliphatic carbocycles. The number of methoxy groups -OCH3 is 1. The van der Waals surface area contributed by atoms with Crippen LogP contribution in [0.15, 0.2) is 59.1 Å². The van der Waals surface area contributed by atoms with Crippen molar-refractivity contribution >= 4 is 28.5 Å². The predicted octanol–water partition coefficient (Wildman–Crippen LogP) is 5.47. The Morgan fingerprint density at radius 3 is 2.45 bits per heavy atom. The Kier molecular flexibility index (Phi) is 6.60. The molecule has 0 unspecified atom stereocenters. The molecule has 0 saturated carbocycles. The van der Waals surface area contributed by atoms with Crippen LogP contribution in [0.1, 0.15) is 50.9 Å². The Morgan fingerprint density at radius 1 is 1.08 bits per heavy atom. The molecule has 0 bridgehead atoms. The number of nitrogens with one attached hydrogen (secondary N) is 1. The molecule has 2 aromatic carbocycles. The first-order chi connectivity index (χ1) is 18.1. The summed E-state index contributed by atoms with van der Waals surface area (Å²) in [5.41, 5.74) is 0.741. The molecule has 198 valence electrons. The van der Waals surface area contributed by atoms with Gasteiger partial charge in [0, 0.05) is 31.2 Å². The molecule has 3 heterocycles. The van der Waals surface area contributed by atoms with E-state index in [0.717, 1.165) is 17.1 Å². The molecular formula is C27H25F3N4O4. The molecule has 4 aromatic rings. The second kappa shape index (κ2) is 9.88. The van der Waals surface area contributed by atoms with Gasteiger partial charge in [-0.25, -0.2) is 0 Å². The highest BCUT2D eigenvalue weighted by atomic mass is 19.4. The second-order valence-electron chi connectivity index (χ2n) is 9.19. The number of alkyl halides is 3. The summed E-state index contributed by atoms with van der Waals surface area (Å²) in [5.74, 6) is -0.0553. The average Bonchev–Trinajstić information content (AvgIpc) is 3.52. The van der Waals surface area contributed by atoms with Crippen molar-refractivity contribution in [2.75, 3.05) is 25.5 Å². The SMILES string of the molecule is COc1ccc2oc(C(=O)Nc3ccc(C4CCN(C(=O)c5cnn(C)c5C(F)(F)F)CC4)cc3)cc2c1. The van der Waals surface area contributed by atoms with Crippen molar-refractivity contribution in [3.05, 3.63) is 77.3 Å². The fourth-order valence-electron chi connectivity index (χ4n) is 4.81. The van der Waals surface area contributed by atoms with E-state index in [9.17, 15) is 22.8 Å². The molecule has 2 aromatic heterocycles. The number of furan rings is 1. The van der Waals surface area contributed by atoms with Gasteiger partial charge in [0.15, 0.2) is 11.5 Å². The van der Waals surface area contributed by atoms with Crippen LogP contribution in [0, 0.1) is 0 Å². The molecule has 11 heteroatoms. The van der Waals surface area contributed by atoms with Crippen molar-refractivity contribution in [3.8, 4) is 5.75 Å². The fourth-order valence-corrected chi connectivity index (χ4v) is 4.81. The number of halogens is 3. The van der Waals surface area contributed by atoms with Crippen LogP contribution in [0.3, 0.4) is 0 Å². The van der Waals surface area contributed by atoms with Crippen LogP contribution in [0.25, 0.3) is 11.0 Å². The number of nitrogens with zero attached hydrogens (tertiary/aromatic N) is 3. The highest BCUT2D eigenvalue weighted by molar-refractivity contribution is 6.04. The fraction of sp³-hybridized carbons (Fsp3) is 0.296. The van der Waals surface area contributed by atoms with Crippen LogP contribution in [0.4, 0.5) is 18.9 Å². The van der Waals surface area contributed by atoms with Gasteiger partial charge in [-0.1, -0.05) is 12.1 Å². The Labute approximate surface area is 216 Å². The Hall–Kier alpha value is -4.28. The van der Waals surface area contributed by atoms with Crippen molar-refractivity contribution in [2.45, 2.75) is 24.9 Å². The number of fused-ring (bicyclic) bond motifs is 1. The molecule has 1 saturated heterocycles. The molecule has 0 atom stereocenters. The molecule has 8 nitrogen and oxygen atoms in total. The van der Waals surface area contributed by atoms with Gasteiger partial charge >= 0.3 is 6.18 Å². The topological polar surface area (TPSA) is 89.6 Å². The van der Waals surface area contributed by atoms with Crippen molar-refractivity contribution in [1.82, 2.24) is 14.7 Å². The molecule has 5 rings (SSSR count). The number of carbonyl (C=O) groups excluding carboxylic acids is 2. The van der Waals surface area contributed by atoms with E-state index in [1.807, 2.05) is 12.1 Å². The molecule has 1 aliphatic heterocycles. The van der Waals surface area contributed by atoms with E-state index in [1.165, 1.54) is 11.9 Å². The maximum atomic E-state index is 13.4. The van der Waals surface area contributed by atoms with Crippen molar-refractivity contribution in [2.24, 2.45) is 7.05 Å². The number of likely N-dealkylation sites (tertiary alicyclic amines) is 1. The van der Waals surface area contributed by atoms with Crippen LogP contribution in [-0.2, 0) is 13.2 Å². The van der Waals surface area contributed by atoms with Gasteiger partial charge in [0.25, 0.3) is 11.8 Å². The van der Waals surface area contributed by atoms with Crippen molar-refractivity contribution in [3.63, 3.8) is 0 Å². The van der Waals surface area contributed by atoms with Gasteiger partial charge < -0.3 is 19.4 Å². The molecule has 0 spiro atoms. The first kappa shape index (κ1) is 25.4. The Bertz CT molecular complexity index is 1480. The van der Waals surface area contributed by atoms with Crippen LogP contribution in [0.2, 0.25) is 0 Å². The average molecular weight is 527 g/mol. The zero-order valence-electron chi connectivity index (χ0n) is 20.7. The van der Waals surface area contributed by atoms with E-state index in [0.29, 0.717) is 47.6 Å². The minimum absolute atomic E-state index is 0.144. The molecule has 1 aliphatic rings. The smallest absolute Gasteiger partial charge is 0.433 e. The molecule has 1 fully saturated rings. The summed E-state index contributed by atoms with van der Waals surface area (Å²) in [4.78, 5) is 26.9. The summed E-state index contributed by atoms with van der Waals surface area (Å²) in [6, 6.07) is 14.3. The maximum absolute atomic E-state index is 13.4. The normalized spacial score (nSPS) is 14.6. The number of benzene rings is 2. The zero-order valence-corrected chi connectivity index (χ0v) is 20.7. The Balaban J connectivity index is 1.20. The highest BCUT2D eigenvalue weighted by Gasteiger charge is 2.40. The minimum Gasteiger partial charge on any atom is -0.497 e. The summed E-state index contributed by atoms with van der Waals surface area (Å²) < 4.78 is 51.6. The Morgan fingerprint density at radius 2 is 1.79 bits per heavy atom. The van der Waals surface area contributed by atoms with Crippen LogP contribution in [-0.4, -0.2) is 46.7 Å². The first-order valence-corrected chi connectivity index (χ1v) is 12.0. The van der Waals surface area contributed by atoms with Crippen LogP contribution < -0.4 is 10.1 Å². The predicted molar refractivity (Wildman–Crippen MR) is 133 cm³/mol. The molecular weight excluding hydrogens is 501 g/mol. The summed E-state index contributed by atoms with van der Waals surface area (Å²) in [5, 5.41) is 7.21. The lowest BCUT2D eigenvalue weighted by atomic mass is 9.89. The first-order valence-electron chi connectivity index (χ1n) is 12.0. The van der Waals surface area contributed by atoms with Gasteiger partial charge in [-0.3, -0.25) is 14.3 Å². The van der Waals surface area contributed by atoms with Gasteiger partial charge in [0.05, 0.1) is 18.9 Å². The van der Waals surface area contributed by atoms with Crippen LogP contribution >= 0.6 is 0 Å². The second-order valence-corrected chi connectivity index (χ2v) is 9.19. The van der Waals surface area contributed by atoms with E-state index in [1.54, 1.807) is 43.5 Å². The highest BCUT2D eigenvalue weighted by Crippen LogP contribution is 2.34. The lowest BCUT2D eigenvalue weighted by molar-refractivity contribution is -0.144. The van der Waals surface area contributed by atoms with Crippen molar-refractivity contribution in [1.29, 1.82) is 0 Å². The van der Waals surface area contributed by atoms with Gasteiger partial charge in [0.1, 0.15) is 11.3 Å². The largest absolute Gasteiger partial charge is 0.497 e. The number of amides is 2. The third-order valence-electron chi connectivity index (χ3n) is 6.81. The van der Waals surface area contributed by atoms with E-state index in [-0.39, 0.29) is 17.6 Å². The maximum Gasteiger partial charge on any atom is 0.433 e. The van der Waals surface area contributed by atoms with E-state index in [2.05, 4.69) is 10.4 Å². The van der Waals surface area contributed by atoms with E-state index >= 15 is 0 Å². The summed E-state index contributed by atoms with van der Waals surface area (Å²) in [6.07, 6.45) is -2.46. The molecule has 38 heavy (non-hydrogen) atoms. The number of piperidine rings is 1. The van der Waals surface area contributed by atoms with Crippen molar-refractivity contribution < 1.29 is 31.9 Å². The van der Waals surface area contributed by atoms with Gasteiger partial charge in [-0.2, -0.15) is 18.3 Å². The summed E-state index contributed by atoms with van der Waals surface area (Å²) >= 11 is 0. The number of carbonyl (C=O) groups is 2. The third-order valence-corrected chi connectivity index (χ3v) is 6.81. The van der Waals surface area contributed by atoms with Gasteiger partial charge in [-0.15, -0.1) is 0 Å². The zero-order chi connectivity index (χ0) is 27.0. The number of ether oxygens (including phenoxy) is 1. The quantitative estimate of drug-likeness (QED) is 0.373. The lowest BCUT2D eigenvalue weighted by Gasteiger charge is -2.32. The molecule has 2 amide bonds. The number of aromatic nitrogens is 2. The van der Waals surface area contributed by atoms with Gasteiger partial charge in [-0.05, 0) is 60.7 Å². The third kappa shape index (κ3) is 4.96. The number of aryl methyl sites for hydroxylation is 1. The minimum atomic E-state index is -4.66.